The summed E-state index contributed by atoms with van der Waals surface area (Å²) in [6.45, 7) is 7.31. The predicted molar refractivity (Wildman–Crippen MR) is 107 cm³/mol. The minimum atomic E-state index is -0.673. The number of esters is 1. The quantitative estimate of drug-likeness (QED) is 0.252. The van der Waals surface area contributed by atoms with Crippen molar-refractivity contribution < 1.29 is 23.5 Å². The van der Waals surface area contributed by atoms with Gasteiger partial charge in [-0.1, -0.05) is 6.08 Å². The van der Waals surface area contributed by atoms with Crippen LogP contribution in [0.2, 0.25) is 0 Å². The summed E-state index contributed by atoms with van der Waals surface area (Å²) < 4.78 is 17.4. The summed E-state index contributed by atoms with van der Waals surface area (Å²) in [5.41, 5.74) is 2.14. The van der Waals surface area contributed by atoms with Gasteiger partial charge in [0, 0.05) is 41.0 Å². The molecule has 0 fully saturated rings. The Morgan fingerprint density at radius 2 is 1.90 bits per heavy atom. The molecule has 3 aromatic rings. The molecule has 0 aliphatic rings. The Labute approximate surface area is 167 Å². The van der Waals surface area contributed by atoms with Crippen LogP contribution < -0.4 is 10.4 Å². The number of aryl methyl sites for hydroxylation is 1. The van der Waals surface area contributed by atoms with Crippen molar-refractivity contribution in [3.8, 4) is 5.75 Å². The van der Waals surface area contributed by atoms with Crippen molar-refractivity contribution in [2.24, 2.45) is 0 Å². The van der Waals surface area contributed by atoms with Crippen LogP contribution in [0.25, 0.3) is 11.0 Å². The lowest BCUT2D eigenvalue weighted by Crippen LogP contribution is -2.19. The summed E-state index contributed by atoms with van der Waals surface area (Å²) in [5.74, 6) is -0.606. The first kappa shape index (κ1) is 20.1. The van der Waals surface area contributed by atoms with E-state index in [0.717, 1.165) is 16.8 Å². The number of rotatable bonds is 8. The third-order valence-electron chi connectivity index (χ3n) is 4.50. The lowest BCUT2D eigenvalue weighted by atomic mass is 10.1. The maximum Gasteiger partial charge on any atom is 0.344 e. The topological polar surface area (TPSA) is 87.7 Å². The van der Waals surface area contributed by atoms with Gasteiger partial charge < -0.3 is 18.5 Å². The smallest absolute Gasteiger partial charge is 0.344 e. The molecule has 0 spiro atoms. The first-order valence-electron chi connectivity index (χ1n) is 9.02. The number of carbonyl (C=O) groups excluding carboxylic acids is 2. The van der Waals surface area contributed by atoms with E-state index in [2.05, 4.69) is 6.58 Å². The number of benzene rings is 1. The van der Waals surface area contributed by atoms with E-state index in [1.165, 1.54) is 12.1 Å². The Morgan fingerprint density at radius 1 is 1.14 bits per heavy atom. The zero-order valence-corrected chi connectivity index (χ0v) is 16.3. The van der Waals surface area contributed by atoms with Gasteiger partial charge in [-0.3, -0.25) is 4.79 Å². The van der Waals surface area contributed by atoms with Gasteiger partial charge in [0.05, 0.1) is 0 Å². The minimum absolute atomic E-state index is 0.283. The molecule has 0 amide bonds. The highest BCUT2D eigenvalue weighted by atomic mass is 16.6. The van der Waals surface area contributed by atoms with Crippen molar-refractivity contribution in [3.63, 3.8) is 0 Å². The van der Waals surface area contributed by atoms with Crippen molar-refractivity contribution in [3.05, 3.63) is 76.4 Å². The second kappa shape index (κ2) is 8.60. The van der Waals surface area contributed by atoms with Gasteiger partial charge in [-0.15, -0.1) is 6.58 Å². The number of ether oxygens (including phenoxy) is 2. The number of fused-ring (bicyclic) bond motifs is 1. The van der Waals surface area contributed by atoms with E-state index in [4.69, 9.17) is 13.9 Å². The van der Waals surface area contributed by atoms with E-state index >= 15 is 0 Å². The van der Waals surface area contributed by atoms with Gasteiger partial charge in [-0.2, -0.15) is 0 Å². The largest absolute Gasteiger partial charge is 0.482 e. The number of Topliss-reactive ketones (excluding diaryl/α,β-unsaturated/α-hetero) is 1. The van der Waals surface area contributed by atoms with Gasteiger partial charge in [-0.05, 0) is 38.1 Å². The summed E-state index contributed by atoms with van der Waals surface area (Å²) in [7, 11) is 0. The molecule has 0 N–H and O–H groups in total. The third-order valence-corrected chi connectivity index (χ3v) is 4.50. The Kier molecular flexibility index (Phi) is 5.97. The van der Waals surface area contributed by atoms with E-state index in [0.29, 0.717) is 23.4 Å². The van der Waals surface area contributed by atoms with Crippen LogP contribution in [0.1, 0.15) is 21.7 Å². The van der Waals surface area contributed by atoms with Crippen molar-refractivity contribution in [2.45, 2.75) is 20.4 Å². The van der Waals surface area contributed by atoms with Crippen LogP contribution in [0.3, 0.4) is 0 Å². The normalized spacial score (nSPS) is 10.7. The molecule has 0 unspecified atom stereocenters. The zero-order valence-electron chi connectivity index (χ0n) is 16.3. The lowest BCUT2D eigenvalue weighted by molar-refractivity contribution is -0.144. The van der Waals surface area contributed by atoms with Crippen LogP contribution in [0.5, 0.6) is 5.75 Å². The standard InChI is InChI=1S/C22H21NO6/c1-4-9-23-14(2)10-18(15(23)3)19(24)12-28-22(26)13-27-17-7-5-16-6-8-21(25)29-20(16)11-17/h4-8,10-11H,1,9,12-13H2,2-3H3. The third kappa shape index (κ3) is 4.63. The molecule has 2 heterocycles. The molecule has 0 saturated carbocycles. The predicted octanol–water partition coefficient (Wildman–Crippen LogP) is 3.20. The molecule has 29 heavy (non-hydrogen) atoms. The fraction of sp³-hybridized carbons (Fsp3) is 0.227. The summed E-state index contributed by atoms with van der Waals surface area (Å²) in [5, 5.41) is 0.735. The van der Waals surface area contributed by atoms with E-state index in [9.17, 15) is 14.4 Å². The fourth-order valence-electron chi connectivity index (χ4n) is 3.03. The van der Waals surface area contributed by atoms with Crippen molar-refractivity contribution in [1.82, 2.24) is 4.57 Å². The first-order valence-corrected chi connectivity index (χ1v) is 9.02. The number of aromatic nitrogens is 1. The Morgan fingerprint density at radius 3 is 2.66 bits per heavy atom. The average molecular weight is 395 g/mol. The number of carbonyl (C=O) groups is 2. The molecule has 2 aromatic heterocycles. The van der Waals surface area contributed by atoms with Gasteiger partial charge in [0.1, 0.15) is 11.3 Å². The summed E-state index contributed by atoms with van der Waals surface area (Å²) in [4.78, 5) is 35.6. The molecule has 0 radical (unpaired) electrons. The molecule has 150 valence electrons. The number of nitrogens with zero attached hydrogens (tertiary/aromatic N) is 1. The molecule has 1 aromatic carbocycles. The first-order chi connectivity index (χ1) is 13.9. The monoisotopic (exact) mass is 395 g/mol. The van der Waals surface area contributed by atoms with Crippen LogP contribution >= 0.6 is 0 Å². The summed E-state index contributed by atoms with van der Waals surface area (Å²) >= 11 is 0. The molecule has 0 saturated heterocycles. The number of allylic oxidation sites excluding steroid dienone is 1. The van der Waals surface area contributed by atoms with E-state index < -0.39 is 11.6 Å². The summed E-state index contributed by atoms with van der Waals surface area (Å²) in [6.07, 6.45) is 1.75. The molecule has 7 heteroatoms. The van der Waals surface area contributed by atoms with E-state index in [-0.39, 0.29) is 19.0 Å². The summed E-state index contributed by atoms with van der Waals surface area (Å²) in [6, 6.07) is 9.61. The van der Waals surface area contributed by atoms with Crippen molar-refractivity contribution in [2.75, 3.05) is 13.2 Å². The number of ketones is 1. The molecule has 0 bridgehead atoms. The number of hydrogen-bond acceptors (Lipinski definition) is 6. The second-order valence-corrected chi connectivity index (χ2v) is 6.51. The molecular formula is C22H21NO6. The van der Waals surface area contributed by atoms with E-state index in [1.54, 1.807) is 30.3 Å². The molecule has 0 atom stereocenters. The Hall–Kier alpha value is -3.61. The minimum Gasteiger partial charge on any atom is -0.482 e. The molecular weight excluding hydrogens is 374 g/mol. The van der Waals surface area contributed by atoms with Crippen molar-refractivity contribution in [1.29, 1.82) is 0 Å². The second-order valence-electron chi connectivity index (χ2n) is 6.51. The molecule has 0 aliphatic heterocycles. The van der Waals surface area contributed by atoms with Gasteiger partial charge in [0.2, 0.25) is 5.78 Å². The lowest BCUT2D eigenvalue weighted by Gasteiger charge is -2.08. The van der Waals surface area contributed by atoms with Crippen molar-refractivity contribution >= 4 is 22.7 Å². The maximum absolute atomic E-state index is 12.4. The fourth-order valence-corrected chi connectivity index (χ4v) is 3.03. The van der Waals surface area contributed by atoms with Crippen LogP contribution in [0.4, 0.5) is 0 Å². The van der Waals surface area contributed by atoms with Gasteiger partial charge in [0.25, 0.3) is 0 Å². The van der Waals surface area contributed by atoms with Crippen LogP contribution in [-0.2, 0) is 16.1 Å². The Bertz CT molecular complexity index is 1140. The average Bonchev–Trinajstić information content (AvgIpc) is 2.98. The molecule has 3 rings (SSSR count). The highest BCUT2D eigenvalue weighted by Gasteiger charge is 2.17. The number of hydrogen-bond donors (Lipinski definition) is 0. The highest BCUT2D eigenvalue weighted by molar-refractivity contribution is 5.99. The van der Waals surface area contributed by atoms with Crippen LogP contribution in [0, 0.1) is 13.8 Å². The Balaban J connectivity index is 1.56. The van der Waals surface area contributed by atoms with E-state index in [1.807, 2.05) is 18.4 Å². The van der Waals surface area contributed by atoms with Crippen LogP contribution in [0.15, 0.2) is 58.3 Å². The SMILES string of the molecule is C=CCn1c(C)cc(C(=O)COC(=O)COc2ccc3ccc(=O)oc3c2)c1C. The molecule has 0 aliphatic carbocycles. The van der Waals surface area contributed by atoms with Crippen LogP contribution in [-0.4, -0.2) is 29.5 Å². The highest BCUT2D eigenvalue weighted by Crippen LogP contribution is 2.19. The zero-order chi connectivity index (χ0) is 21.0. The van der Waals surface area contributed by atoms with Gasteiger partial charge in [-0.25, -0.2) is 9.59 Å². The van der Waals surface area contributed by atoms with Gasteiger partial charge in [0.15, 0.2) is 13.2 Å². The van der Waals surface area contributed by atoms with Gasteiger partial charge >= 0.3 is 11.6 Å². The maximum atomic E-state index is 12.4. The molecule has 7 nitrogen and oxygen atoms in total.